The molecular weight excluding hydrogens is 294 g/mol. The molecule has 1 aromatic rings. The van der Waals surface area contributed by atoms with Gasteiger partial charge in [-0.1, -0.05) is 5.16 Å². The number of amides is 1. The Hall–Kier alpha value is -1.40. The van der Waals surface area contributed by atoms with Gasteiger partial charge in [-0.3, -0.25) is 4.79 Å². The zero-order chi connectivity index (χ0) is 16.4. The number of nitrogens with zero attached hydrogens (tertiary/aromatic N) is 3. The minimum absolute atomic E-state index is 0.0361. The molecule has 1 aromatic heterocycles. The lowest BCUT2D eigenvalue weighted by Gasteiger charge is -2.29. The molecule has 3 rings (SSSR count). The quantitative estimate of drug-likeness (QED) is 0.913. The van der Waals surface area contributed by atoms with Gasteiger partial charge in [0.25, 0.3) is 5.91 Å². The van der Waals surface area contributed by atoms with Crippen LogP contribution in [0.5, 0.6) is 0 Å². The number of likely N-dealkylation sites (tertiary alicyclic amines) is 1. The van der Waals surface area contributed by atoms with Gasteiger partial charge in [-0.15, -0.1) is 0 Å². The van der Waals surface area contributed by atoms with Crippen LogP contribution in [-0.4, -0.2) is 65.3 Å². The van der Waals surface area contributed by atoms with Gasteiger partial charge in [0.2, 0.25) is 0 Å². The van der Waals surface area contributed by atoms with Crippen LogP contribution in [0.15, 0.2) is 4.52 Å². The third-order valence-corrected chi connectivity index (χ3v) is 4.97. The summed E-state index contributed by atoms with van der Waals surface area (Å²) >= 11 is 0. The Kier molecular flexibility index (Phi) is 4.73. The summed E-state index contributed by atoms with van der Waals surface area (Å²) in [6.07, 6.45) is 6.13. The number of hydrogen-bond acceptors (Lipinski definition) is 5. The first-order valence-electron chi connectivity index (χ1n) is 8.62. The van der Waals surface area contributed by atoms with Crippen LogP contribution >= 0.6 is 0 Å². The summed E-state index contributed by atoms with van der Waals surface area (Å²) in [5.74, 6) is 0.851. The second-order valence-electron chi connectivity index (χ2n) is 7.25. The maximum absolute atomic E-state index is 12.8. The summed E-state index contributed by atoms with van der Waals surface area (Å²) in [5, 5.41) is 14.8. The highest BCUT2D eigenvalue weighted by Crippen LogP contribution is 2.27. The number of carbonyl (C=O) groups excluding carboxylic acids is 1. The summed E-state index contributed by atoms with van der Waals surface area (Å²) in [5.41, 5.74) is 0.800. The van der Waals surface area contributed by atoms with Gasteiger partial charge in [0.15, 0.2) is 5.69 Å². The monoisotopic (exact) mass is 321 g/mol. The number of aliphatic hydroxyl groups is 1. The van der Waals surface area contributed by atoms with E-state index < -0.39 is 5.60 Å². The van der Waals surface area contributed by atoms with E-state index in [0.29, 0.717) is 31.7 Å². The number of rotatable bonds is 3. The van der Waals surface area contributed by atoms with E-state index in [-0.39, 0.29) is 5.91 Å². The van der Waals surface area contributed by atoms with Gasteiger partial charge in [0, 0.05) is 31.6 Å². The molecule has 1 N–H and O–H groups in total. The SMILES string of the molecule is CN(C)CC1(O)CCCN(C(=O)c2noc3c2CCCC3)CC1. The van der Waals surface area contributed by atoms with Crippen molar-refractivity contribution in [3.8, 4) is 0 Å². The normalized spacial score (nSPS) is 25.3. The van der Waals surface area contributed by atoms with Gasteiger partial charge in [-0.25, -0.2) is 0 Å². The summed E-state index contributed by atoms with van der Waals surface area (Å²) < 4.78 is 5.37. The molecule has 1 amide bonds. The van der Waals surface area contributed by atoms with Crippen LogP contribution in [0.1, 0.15) is 53.9 Å². The van der Waals surface area contributed by atoms with Crippen LogP contribution in [0.4, 0.5) is 0 Å². The topological polar surface area (TPSA) is 69.8 Å². The summed E-state index contributed by atoms with van der Waals surface area (Å²) in [6, 6.07) is 0. The molecule has 2 aliphatic rings. The molecule has 1 aliphatic heterocycles. The predicted octanol–water partition coefficient (Wildman–Crippen LogP) is 1.47. The first kappa shape index (κ1) is 16.5. The third-order valence-electron chi connectivity index (χ3n) is 4.97. The Morgan fingerprint density at radius 2 is 2.04 bits per heavy atom. The highest BCUT2D eigenvalue weighted by molar-refractivity contribution is 5.94. The average Bonchev–Trinajstić information content (AvgIpc) is 2.84. The molecular formula is C17H27N3O3. The van der Waals surface area contributed by atoms with E-state index in [1.807, 2.05) is 23.9 Å². The Labute approximate surface area is 137 Å². The van der Waals surface area contributed by atoms with E-state index in [4.69, 9.17) is 4.52 Å². The van der Waals surface area contributed by atoms with Gasteiger partial charge in [-0.2, -0.15) is 0 Å². The van der Waals surface area contributed by atoms with Crippen molar-refractivity contribution < 1.29 is 14.4 Å². The van der Waals surface area contributed by atoms with Crippen molar-refractivity contribution in [3.05, 3.63) is 17.0 Å². The first-order valence-corrected chi connectivity index (χ1v) is 8.62. The molecule has 6 heteroatoms. The van der Waals surface area contributed by atoms with E-state index in [0.717, 1.165) is 49.8 Å². The third kappa shape index (κ3) is 3.58. The molecule has 0 spiro atoms. The van der Waals surface area contributed by atoms with Gasteiger partial charge >= 0.3 is 0 Å². The number of hydrogen-bond donors (Lipinski definition) is 1. The van der Waals surface area contributed by atoms with E-state index in [2.05, 4.69) is 5.16 Å². The molecule has 0 aromatic carbocycles. The predicted molar refractivity (Wildman–Crippen MR) is 86.4 cm³/mol. The van der Waals surface area contributed by atoms with E-state index in [1.165, 1.54) is 0 Å². The molecule has 1 aliphatic carbocycles. The maximum Gasteiger partial charge on any atom is 0.276 e. The van der Waals surface area contributed by atoms with Crippen LogP contribution in [0.2, 0.25) is 0 Å². The molecule has 0 bridgehead atoms. The zero-order valence-corrected chi connectivity index (χ0v) is 14.2. The zero-order valence-electron chi connectivity index (χ0n) is 14.2. The molecule has 2 heterocycles. The lowest BCUT2D eigenvalue weighted by atomic mass is 9.94. The molecule has 0 saturated carbocycles. The fourth-order valence-electron chi connectivity index (χ4n) is 3.83. The van der Waals surface area contributed by atoms with Gasteiger partial charge in [0.1, 0.15) is 5.76 Å². The Morgan fingerprint density at radius 1 is 1.26 bits per heavy atom. The van der Waals surface area contributed by atoms with Crippen molar-refractivity contribution in [3.63, 3.8) is 0 Å². The van der Waals surface area contributed by atoms with E-state index >= 15 is 0 Å². The average molecular weight is 321 g/mol. The summed E-state index contributed by atoms with van der Waals surface area (Å²) in [6.45, 7) is 1.88. The van der Waals surface area contributed by atoms with Gasteiger partial charge in [0.05, 0.1) is 5.60 Å². The smallest absolute Gasteiger partial charge is 0.276 e. The Morgan fingerprint density at radius 3 is 2.83 bits per heavy atom. The lowest BCUT2D eigenvalue weighted by Crippen LogP contribution is -2.41. The van der Waals surface area contributed by atoms with E-state index in [1.54, 1.807) is 0 Å². The van der Waals surface area contributed by atoms with E-state index in [9.17, 15) is 9.90 Å². The molecule has 0 radical (unpaired) electrons. The first-order chi connectivity index (χ1) is 11.0. The van der Waals surface area contributed by atoms with Crippen molar-refractivity contribution in [2.24, 2.45) is 0 Å². The second kappa shape index (κ2) is 6.61. The van der Waals surface area contributed by atoms with Crippen molar-refractivity contribution in [1.82, 2.24) is 15.0 Å². The summed E-state index contributed by atoms with van der Waals surface area (Å²) in [4.78, 5) is 16.7. The lowest BCUT2D eigenvalue weighted by molar-refractivity contribution is 0.00302. The molecule has 1 saturated heterocycles. The number of aryl methyl sites for hydroxylation is 1. The standard InChI is InChI=1S/C17H27N3O3/c1-19(2)12-17(22)8-5-10-20(11-9-17)16(21)15-13-6-3-4-7-14(13)23-18-15/h22H,3-12H2,1-2H3. The van der Waals surface area contributed by atoms with Gasteiger partial charge < -0.3 is 19.4 Å². The molecule has 1 fully saturated rings. The van der Waals surface area contributed by atoms with Crippen LogP contribution in [0.3, 0.4) is 0 Å². The maximum atomic E-state index is 12.8. The minimum Gasteiger partial charge on any atom is -0.388 e. The summed E-state index contributed by atoms with van der Waals surface area (Å²) in [7, 11) is 3.93. The number of aromatic nitrogens is 1. The molecule has 1 atom stereocenters. The minimum atomic E-state index is -0.707. The largest absolute Gasteiger partial charge is 0.388 e. The molecule has 6 nitrogen and oxygen atoms in total. The van der Waals surface area contributed by atoms with Crippen LogP contribution in [-0.2, 0) is 12.8 Å². The number of likely N-dealkylation sites (N-methyl/N-ethyl adjacent to an activating group) is 1. The van der Waals surface area contributed by atoms with Crippen LogP contribution in [0, 0.1) is 0 Å². The van der Waals surface area contributed by atoms with Crippen LogP contribution < -0.4 is 0 Å². The number of carbonyl (C=O) groups is 1. The van der Waals surface area contributed by atoms with Gasteiger partial charge in [-0.05, 0) is 52.6 Å². The molecule has 128 valence electrons. The molecule has 23 heavy (non-hydrogen) atoms. The fraction of sp³-hybridized carbons (Fsp3) is 0.765. The Bertz CT molecular complexity index is 569. The van der Waals surface area contributed by atoms with Crippen molar-refractivity contribution in [1.29, 1.82) is 0 Å². The van der Waals surface area contributed by atoms with Crippen molar-refractivity contribution in [2.45, 2.75) is 50.5 Å². The second-order valence-corrected chi connectivity index (χ2v) is 7.25. The highest BCUT2D eigenvalue weighted by atomic mass is 16.5. The van der Waals surface area contributed by atoms with Crippen molar-refractivity contribution in [2.75, 3.05) is 33.7 Å². The molecule has 1 unspecified atom stereocenters. The Balaban J connectivity index is 1.70. The fourth-order valence-corrected chi connectivity index (χ4v) is 3.83. The number of fused-ring (bicyclic) bond motifs is 1. The highest BCUT2D eigenvalue weighted by Gasteiger charge is 2.34. The van der Waals surface area contributed by atoms with Crippen molar-refractivity contribution >= 4 is 5.91 Å². The van der Waals surface area contributed by atoms with Crippen LogP contribution in [0.25, 0.3) is 0 Å².